The minimum atomic E-state index is -0.582. The summed E-state index contributed by atoms with van der Waals surface area (Å²) in [7, 11) is 0. The molecule has 0 fully saturated rings. The maximum atomic E-state index is 13.4. The molecule has 0 unspecified atom stereocenters. The SMILES string of the molecule is CC(C)(C)OC(=O)n1cc(CCN)c2cc(F)ccc21. The smallest absolute Gasteiger partial charge is 0.419 e. The van der Waals surface area contributed by atoms with Crippen molar-refractivity contribution in [1.82, 2.24) is 4.57 Å². The van der Waals surface area contributed by atoms with Crippen molar-refractivity contribution in [2.45, 2.75) is 32.8 Å². The number of nitrogens with zero attached hydrogens (tertiary/aromatic N) is 1. The predicted molar refractivity (Wildman–Crippen MR) is 76.3 cm³/mol. The topological polar surface area (TPSA) is 57.2 Å². The maximum absolute atomic E-state index is 13.4. The van der Waals surface area contributed by atoms with Crippen LogP contribution in [0.4, 0.5) is 9.18 Å². The zero-order chi connectivity index (χ0) is 14.9. The molecule has 0 aliphatic rings. The van der Waals surface area contributed by atoms with Crippen LogP contribution in [0.3, 0.4) is 0 Å². The molecule has 1 aromatic carbocycles. The van der Waals surface area contributed by atoms with Gasteiger partial charge in [-0.2, -0.15) is 0 Å². The molecule has 2 rings (SSSR count). The summed E-state index contributed by atoms with van der Waals surface area (Å²) in [5.74, 6) is -0.335. The Bertz CT molecular complexity index is 641. The van der Waals surface area contributed by atoms with Crippen molar-refractivity contribution in [3.63, 3.8) is 0 Å². The van der Waals surface area contributed by atoms with Gasteiger partial charge in [0.2, 0.25) is 0 Å². The van der Waals surface area contributed by atoms with Crippen LogP contribution in [0, 0.1) is 5.82 Å². The molecule has 0 amide bonds. The summed E-state index contributed by atoms with van der Waals surface area (Å²) in [6.45, 7) is 5.84. The highest BCUT2D eigenvalue weighted by molar-refractivity contribution is 5.92. The molecule has 0 radical (unpaired) electrons. The van der Waals surface area contributed by atoms with E-state index in [1.807, 2.05) is 0 Å². The fourth-order valence-corrected chi connectivity index (χ4v) is 2.09. The van der Waals surface area contributed by atoms with Crippen molar-refractivity contribution in [1.29, 1.82) is 0 Å². The average Bonchev–Trinajstić information content (AvgIpc) is 2.66. The fraction of sp³-hybridized carbons (Fsp3) is 0.400. The molecule has 108 valence electrons. The molecule has 0 saturated heterocycles. The summed E-state index contributed by atoms with van der Waals surface area (Å²) in [5, 5.41) is 0.696. The van der Waals surface area contributed by atoms with Gasteiger partial charge in [0.15, 0.2) is 0 Å². The van der Waals surface area contributed by atoms with Crippen molar-refractivity contribution >= 4 is 17.0 Å². The van der Waals surface area contributed by atoms with E-state index in [1.54, 1.807) is 33.0 Å². The van der Waals surface area contributed by atoms with Gasteiger partial charge in [-0.3, -0.25) is 4.57 Å². The third-order valence-corrected chi connectivity index (χ3v) is 2.85. The molecule has 0 atom stereocenters. The summed E-state index contributed by atoms with van der Waals surface area (Å²) in [6, 6.07) is 4.32. The van der Waals surface area contributed by atoms with Gasteiger partial charge >= 0.3 is 6.09 Å². The molecular weight excluding hydrogens is 259 g/mol. The van der Waals surface area contributed by atoms with E-state index in [4.69, 9.17) is 10.5 Å². The van der Waals surface area contributed by atoms with Crippen molar-refractivity contribution < 1.29 is 13.9 Å². The Morgan fingerprint density at radius 1 is 1.40 bits per heavy atom. The normalized spacial score (nSPS) is 11.8. The minimum Gasteiger partial charge on any atom is -0.443 e. The van der Waals surface area contributed by atoms with E-state index in [2.05, 4.69) is 0 Å². The van der Waals surface area contributed by atoms with Crippen molar-refractivity contribution in [2.75, 3.05) is 6.54 Å². The molecule has 0 aliphatic heterocycles. The van der Waals surface area contributed by atoms with Crippen molar-refractivity contribution in [2.24, 2.45) is 5.73 Å². The molecule has 1 aromatic heterocycles. The standard InChI is InChI=1S/C15H19FN2O2/c1-15(2,3)20-14(19)18-9-10(6-7-17)12-8-11(16)4-5-13(12)18/h4-5,8-9H,6-7,17H2,1-3H3. The van der Waals surface area contributed by atoms with E-state index < -0.39 is 11.7 Å². The van der Waals surface area contributed by atoms with Crippen LogP contribution in [0.1, 0.15) is 26.3 Å². The second kappa shape index (κ2) is 5.25. The van der Waals surface area contributed by atoms with Crippen LogP contribution in [-0.2, 0) is 11.2 Å². The zero-order valence-corrected chi connectivity index (χ0v) is 11.9. The van der Waals surface area contributed by atoms with Gasteiger partial charge in [0.1, 0.15) is 11.4 Å². The van der Waals surface area contributed by atoms with Gasteiger partial charge in [-0.05, 0) is 57.5 Å². The Kier molecular flexibility index (Phi) is 3.81. The Labute approximate surface area is 117 Å². The molecule has 2 N–H and O–H groups in total. The predicted octanol–water partition coefficient (Wildman–Crippen LogP) is 3.06. The molecule has 1 heterocycles. The summed E-state index contributed by atoms with van der Waals surface area (Å²) in [6.07, 6.45) is 1.78. The van der Waals surface area contributed by atoms with Crippen LogP contribution in [0.25, 0.3) is 10.9 Å². The number of fused-ring (bicyclic) bond motifs is 1. The number of halogens is 1. The van der Waals surface area contributed by atoms with Gasteiger partial charge in [0, 0.05) is 11.6 Å². The molecule has 0 spiro atoms. The third-order valence-electron chi connectivity index (χ3n) is 2.85. The molecule has 0 bridgehead atoms. The van der Waals surface area contributed by atoms with E-state index in [9.17, 15) is 9.18 Å². The summed E-state index contributed by atoms with van der Waals surface area (Å²) >= 11 is 0. The zero-order valence-electron chi connectivity index (χ0n) is 11.9. The summed E-state index contributed by atoms with van der Waals surface area (Å²) in [4.78, 5) is 12.2. The average molecular weight is 278 g/mol. The van der Waals surface area contributed by atoms with Crippen molar-refractivity contribution in [3.8, 4) is 0 Å². The first-order valence-electron chi connectivity index (χ1n) is 6.55. The van der Waals surface area contributed by atoms with Gasteiger partial charge in [-0.15, -0.1) is 0 Å². The molecule has 2 aromatic rings. The van der Waals surface area contributed by atoms with E-state index in [1.165, 1.54) is 16.7 Å². The lowest BCUT2D eigenvalue weighted by Gasteiger charge is -2.19. The first-order valence-corrected chi connectivity index (χ1v) is 6.55. The van der Waals surface area contributed by atoms with Crippen LogP contribution in [0.15, 0.2) is 24.4 Å². The molecule has 20 heavy (non-hydrogen) atoms. The number of aromatic nitrogens is 1. The number of benzene rings is 1. The van der Waals surface area contributed by atoms with E-state index in [0.717, 1.165) is 5.56 Å². The molecule has 5 heteroatoms. The molecule has 0 aliphatic carbocycles. The first-order chi connectivity index (χ1) is 9.31. The Hall–Kier alpha value is -1.88. The summed E-state index contributed by atoms with van der Waals surface area (Å²) < 4.78 is 20.1. The van der Waals surface area contributed by atoms with Gasteiger partial charge in [0.25, 0.3) is 0 Å². The van der Waals surface area contributed by atoms with Gasteiger partial charge in [-0.25, -0.2) is 9.18 Å². The number of carbonyl (C=O) groups is 1. The summed E-state index contributed by atoms with van der Waals surface area (Å²) in [5.41, 5.74) is 6.45. The lowest BCUT2D eigenvalue weighted by Crippen LogP contribution is -2.26. The van der Waals surface area contributed by atoms with E-state index >= 15 is 0 Å². The van der Waals surface area contributed by atoms with Crippen LogP contribution in [0.2, 0.25) is 0 Å². The number of rotatable bonds is 2. The molecule has 0 saturated carbocycles. The van der Waals surface area contributed by atoms with E-state index in [0.29, 0.717) is 23.9 Å². The second-order valence-electron chi connectivity index (χ2n) is 5.70. The second-order valence-corrected chi connectivity index (χ2v) is 5.70. The number of hydrogen-bond acceptors (Lipinski definition) is 3. The van der Waals surface area contributed by atoms with E-state index in [-0.39, 0.29) is 5.82 Å². The highest BCUT2D eigenvalue weighted by Gasteiger charge is 2.20. The quantitative estimate of drug-likeness (QED) is 0.918. The number of carbonyl (C=O) groups excluding carboxylic acids is 1. The highest BCUT2D eigenvalue weighted by atomic mass is 19.1. The van der Waals surface area contributed by atoms with Crippen LogP contribution >= 0.6 is 0 Å². The monoisotopic (exact) mass is 278 g/mol. The Morgan fingerprint density at radius 3 is 2.70 bits per heavy atom. The number of hydrogen-bond donors (Lipinski definition) is 1. The lowest BCUT2D eigenvalue weighted by molar-refractivity contribution is 0.0544. The minimum absolute atomic E-state index is 0.335. The number of ether oxygens (including phenoxy) is 1. The van der Waals surface area contributed by atoms with Crippen LogP contribution < -0.4 is 5.73 Å². The highest BCUT2D eigenvalue weighted by Crippen LogP contribution is 2.24. The maximum Gasteiger partial charge on any atom is 0.419 e. The van der Waals surface area contributed by atoms with Gasteiger partial charge in [-0.1, -0.05) is 0 Å². The Morgan fingerprint density at radius 2 is 2.10 bits per heavy atom. The molecular formula is C15H19FN2O2. The van der Waals surface area contributed by atoms with Crippen molar-refractivity contribution in [3.05, 3.63) is 35.8 Å². The van der Waals surface area contributed by atoms with Gasteiger partial charge in [0.05, 0.1) is 5.52 Å². The Balaban J connectivity index is 2.51. The lowest BCUT2D eigenvalue weighted by atomic mass is 10.1. The van der Waals surface area contributed by atoms with Crippen LogP contribution in [0.5, 0.6) is 0 Å². The number of nitrogens with two attached hydrogens (primary N) is 1. The van der Waals surface area contributed by atoms with Gasteiger partial charge < -0.3 is 10.5 Å². The largest absolute Gasteiger partial charge is 0.443 e. The first kappa shape index (κ1) is 14.5. The third kappa shape index (κ3) is 2.99. The van der Waals surface area contributed by atoms with Crippen LogP contribution in [-0.4, -0.2) is 22.8 Å². The fourth-order valence-electron chi connectivity index (χ4n) is 2.09. The molecule has 4 nitrogen and oxygen atoms in total.